The minimum atomic E-state index is -0.813. The molecule has 27 heavy (non-hydrogen) atoms. The molecule has 3 N–H and O–H groups in total. The monoisotopic (exact) mass is 390 g/mol. The number of rotatable bonds is 6. The van der Waals surface area contributed by atoms with Crippen LogP contribution in [0.15, 0.2) is 42.7 Å². The van der Waals surface area contributed by atoms with Gasteiger partial charge in [0.15, 0.2) is 0 Å². The predicted octanol–water partition coefficient (Wildman–Crippen LogP) is 0.666. The third-order valence-electron chi connectivity index (χ3n) is 4.34. The van der Waals surface area contributed by atoms with Crippen molar-refractivity contribution in [3.05, 3.63) is 58.9 Å². The molecule has 2 amide bonds. The Morgan fingerprint density at radius 2 is 1.93 bits per heavy atom. The fourth-order valence-corrected chi connectivity index (χ4v) is 3.01. The number of hydrogen-bond acceptors (Lipinski definition) is 6. The number of benzene rings is 1. The summed E-state index contributed by atoms with van der Waals surface area (Å²) in [6.45, 7) is 0.669. The van der Waals surface area contributed by atoms with E-state index in [9.17, 15) is 14.7 Å². The average Bonchev–Trinajstić information content (AvgIpc) is 3.05. The van der Waals surface area contributed by atoms with Gasteiger partial charge in [-0.3, -0.25) is 9.59 Å². The van der Waals surface area contributed by atoms with E-state index in [0.29, 0.717) is 16.1 Å². The number of carbonyl (C=O) groups excluding carboxylic acids is 2. The fraction of sp³-hybridized carbons (Fsp3) is 0.333. The Balaban J connectivity index is 1.47. The van der Waals surface area contributed by atoms with Gasteiger partial charge in [-0.15, -0.1) is 0 Å². The Bertz CT molecular complexity index is 805. The van der Waals surface area contributed by atoms with Crippen molar-refractivity contribution in [1.29, 1.82) is 0 Å². The summed E-state index contributed by atoms with van der Waals surface area (Å²) >= 11 is 6.00. The van der Waals surface area contributed by atoms with Crippen LogP contribution in [0.2, 0.25) is 5.02 Å². The average molecular weight is 391 g/mol. The lowest BCUT2D eigenvalue weighted by atomic mass is 10.0. The first-order valence-corrected chi connectivity index (χ1v) is 8.81. The Morgan fingerprint density at radius 3 is 2.67 bits per heavy atom. The smallest absolute Gasteiger partial charge is 0.253 e. The van der Waals surface area contributed by atoms with Crippen molar-refractivity contribution in [2.75, 3.05) is 19.7 Å². The van der Waals surface area contributed by atoms with E-state index in [1.54, 1.807) is 30.3 Å². The molecule has 142 valence electrons. The van der Waals surface area contributed by atoms with Crippen LogP contribution in [-0.2, 0) is 4.74 Å². The predicted molar refractivity (Wildman–Crippen MR) is 97.4 cm³/mol. The van der Waals surface area contributed by atoms with Crippen molar-refractivity contribution in [3.63, 3.8) is 0 Å². The summed E-state index contributed by atoms with van der Waals surface area (Å²) in [6.07, 6.45) is 1.42. The van der Waals surface area contributed by atoms with E-state index in [-0.39, 0.29) is 37.4 Å². The molecule has 1 aromatic carbocycles. The molecule has 1 saturated heterocycles. The van der Waals surface area contributed by atoms with Gasteiger partial charge in [0, 0.05) is 19.0 Å². The zero-order valence-corrected chi connectivity index (χ0v) is 15.1. The summed E-state index contributed by atoms with van der Waals surface area (Å²) in [5.74, 6) is -0.910. The molecule has 0 aliphatic carbocycles. The van der Waals surface area contributed by atoms with Crippen molar-refractivity contribution < 1.29 is 19.4 Å². The standard InChI is InChI=1S/C18H19ClN4O4/c19-14-4-2-1-3-13(14)18(26)20-7-12-10-27-15(16(12)24)9-21-17(25)11-5-6-22-23-8-11/h1-6,8,12,15-16,24H,7,9-10H2,(H,20,26)(H,21,25)/t12-,15-,16+/m1/s1. The molecule has 2 heterocycles. The van der Waals surface area contributed by atoms with Crippen molar-refractivity contribution >= 4 is 23.4 Å². The van der Waals surface area contributed by atoms with E-state index in [2.05, 4.69) is 20.8 Å². The number of nitrogens with zero attached hydrogens (tertiary/aromatic N) is 2. The molecule has 0 radical (unpaired) electrons. The van der Waals surface area contributed by atoms with Gasteiger partial charge in [-0.25, -0.2) is 0 Å². The number of carbonyl (C=O) groups is 2. The molecular formula is C18H19ClN4O4. The van der Waals surface area contributed by atoms with Gasteiger partial charge in [0.2, 0.25) is 0 Å². The van der Waals surface area contributed by atoms with Crippen molar-refractivity contribution in [3.8, 4) is 0 Å². The third-order valence-corrected chi connectivity index (χ3v) is 4.67. The Morgan fingerprint density at radius 1 is 1.15 bits per heavy atom. The maximum atomic E-state index is 12.2. The number of ether oxygens (including phenoxy) is 1. The normalized spacial score (nSPS) is 21.6. The Kier molecular flexibility index (Phi) is 6.33. The van der Waals surface area contributed by atoms with Gasteiger partial charge < -0.3 is 20.5 Å². The first-order valence-electron chi connectivity index (χ1n) is 8.43. The number of aliphatic hydroxyl groups excluding tert-OH is 1. The molecule has 8 nitrogen and oxygen atoms in total. The maximum Gasteiger partial charge on any atom is 0.253 e. The SMILES string of the molecule is O=C(NC[C@H]1OC[C@@H](CNC(=O)c2ccccc2Cl)[C@@H]1O)c1ccnnc1. The van der Waals surface area contributed by atoms with Crippen LogP contribution in [-0.4, -0.2) is 59.0 Å². The lowest BCUT2D eigenvalue weighted by molar-refractivity contribution is 0.0384. The first kappa shape index (κ1) is 19.2. The molecule has 1 aliphatic heterocycles. The topological polar surface area (TPSA) is 113 Å². The van der Waals surface area contributed by atoms with Crippen molar-refractivity contribution in [2.24, 2.45) is 5.92 Å². The summed E-state index contributed by atoms with van der Waals surface area (Å²) in [5, 5.41) is 23.5. The lowest BCUT2D eigenvalue weighted by Gasteiger charge is -2.18. The van der Waals surface area contributed by atoms with E-state index in [0.717, 1.165) is 0 Å². The fourth-order valence-electron chi connectivity index (χ4n) is 2.79. The molecule has 1 aliphatic rings. The maximum absolute atomic E-state index is 12.2. The number of hydrogen-bond donors (Lipinski definition) is 3. The zero-order chi connectivity index (χ0) is 19.2. The summed E-state index contributed by atoms with van der Waals surface area (Å²) in [4.78, 5) is 24.2. The second-order valence-corrected chi connectivity index (χ2v) is 6.56. The highest BCUT2D eigenvalue weighted by atomic mass is 35.5. The Hall–Kier alpha value is -2.55. The molecule has 9 heteroatoms. The highest BCUT2D eigenvalue weighted by Crippen LogP contribution is 2.20. The molecule has 0 spiro atoms. The summed E-state index contributed by atoms with van der Waals surface area (Å²) in [6, 6.07) is 8.29. The van der Waals surface area contributed by atoms with Crippen molar-refractivity contribution in [1.82, 2.24) is 20.8 Å². The minimum Gasteiger partial charge on any atom is -0.390 e. The molecule has 0 unspecified atom stereocenters. The highest BCUT2D eigenvalue weighted by molar-refractivity contribution is 6.33. The van der Waals surface area contributed by atoms with Crippen LogP contribution in [0, 0.1) is 5.92 Å². The first-order chi connectivity index (χ1) is 13.1. The van der Waals surface area contributed by atoms with Crippen LogP contribution in [0.5, 0.6) is 0 Å². The molecule has 0 saturated carbocycles. The summed E-state index contributed by atoms with van der Waals surface area (Å²) < 4.78 is 5.56. The lowest BCUT2D eigenvalue weighted by Crippen LogP contribution is -2.41. The van der Waals surface area contributed by atoms with E-state index in [1.807, 2.05) is 0 Å². The summed E-state index contributed by atoms with van der Waals surface area (Å²) in [5.41, 5.74) is 0.753. The zero-order valence-electron chi connectivity index (χ0n) is 14.3. The van der Waals surface area contributed by atoms with E-state index < -0.39 is 12.2 Å². The van der Waals surface area contributed by atoms with E-state index >= 15 is 0 Å². The molecule has 0 bridgehead atoms. The minimum absolute atomic E-state index is 0.150. The van der Waals surface area contributed by atoms with Gasteiger partial charge in [-0.1, -0.05) is 23.7 Å². The van der Waals surface area contributed by atoms with Crippen LogP contribution >= 0.6 is 11.6 Å². The van der Waals surface area contributed by atoms with Gasteiger partial charge in [-0.2, -0.15) is 10.2 Å². The molecule has 3 rings (SSSR count). The Labute approximate surface area is 160 Å². The van der Waals surface area contributed by atoms with Gasteiger partial charge in [0.05, 0.1) is 41.3 Å². The molecule has 1 fully saturated rings. The summed E-state index contributed by atoms with van der Waals surface area (Å²) in [7, 11) is 0. The number of amides is 2. The van der Waals surface area contributed by atoms with Crippen LogP contribution in [0.4, 0.5) is 0 Å². The molecule has 3 atom stereocenters. The number of nitrogens with one attached hydrogen (secondary N) is 2. The van der Waals surface area contributed by atoms with E-state index in [1.165, 1.54) is 12.4 Å². The molecule has 1 aromatic heterocycles. The number of aromatic nitrogens is 2. The quantitative estimate of drug-likeness (QED) is 0.668. The van der Waals surface area contributed by atoms with Gasteiger partial charge >= 0.3 is 0 Å². The molecular weight excluding hydrogens is 372 g/mol. The largest absolute Gasteiger partial charge is 0.390 e. The van der Waals surface area contributed by atoms with Crippen LogP contribution in [0.3, 0.4) is 0 Å². The van der Waals surface area contributed by atoms with Crippen LogP contribution < -0.4 is 10.6 Å². The second-order valence-electron chi connectivity index (χ2n) is 6.15. The molecule has 2 aromatic rings. The third kappa shape index (κ3) is 4.79. The van der Waals surface area contributed by atoms with Gasteiger partial charge in [-0.05, 0) is 18.2 Å². The van der Waals surface area contributed by atoms with E-state index in [4.69, 9.17) is 16.3 Å². The number of halogens is 1. The van der Waals surface area contributed by atoms with Gasteiger partial charge in [0.25, 0.3) is 11.8 Å². The van der Waals surface area contributed by atoms with Gasteiger partial charge in [0.1, 0.15) is 6.10 Å². The van der Waals surface area contributed by atoms with Crippen LogP contribution in [0.25, 0.3) is 0 Å². The van der Waals surface area contributed by atoms with Crippen molar-refractivity contribution in [2.45, 2.75) is 12.2 Å². The second kappa shape index (κ2) is 8.90. The number of aliphatic hydroxyl groups is 1. The highest BCUT2D eigenvalue weighted by Gasteiger charge is 2.36. The van der Waals surface area contributed by atoms with Crippen LogP contribution in [0.1, 0.15) is 20.7 Å².